The highest BCUT2D eigenvalue weighted by atomic mass is 16.6. The first-order valence-electron chi connectivity index (χ1n) is 8.52. The van der Waals surface area contributed by atoms with Crippen LogP contribution in [-0.4, -0.2) is 30.1 Å². The summed E-state index contributed by atoms with van der Waals surface area (Å²) < 4.78 is 10.1. The molecule has 1 N–H and O–H groups in total. The van der Waals surface area contributed by atoms with Crippen LogP contribution < -0.4 is 5.32 Å². The lowest BCUT2D eigenvalue weighted by molar-refractivity contribution is -0.158. The highest BCUT2D eigenvalue weighted by Crippen LogP contribution is 2.18. The average molecular weight is 369 g/mol. The molecular formula is C21H23NO5. The van der Waals surface area contributed by atoms with Crippen molar-refractivity contribution in [3.63, 3.8) is 0 Å². The van der Waals surface area contributed by atoms with Gasteiger partial charge in [0.05, 0.1) is 11.3 Å². The number of carbonyl (C=O) groups excluding carboxylic acids is 3. The zero-order chi connectivity index (χ0) is 20.0. The monoisotopic (exact) mass is 369 g/mol. The zero-order valence-electron chi connectivity index (χ0n) is 15.9. The molecule has 0 unspecified atom stereocenters. The summed E-state index contributed by atoms with van der Waals surface area (Å²) in [5, 5.41) is 2.70. The van der Waals surface area contributed by atoms with Crippen molar-refractivity contribution in [1.29, 1.82) is 0 Å². The van der Waals surface area contributed by atoms with Crippen molar-refractivity contribution in [3.05, 3.63) is 65.2 Å². The number of carbonyl (C=O) groups is 3. The highest BCUT2D eigenvalue weighted by Gasteiger charge is 2.20. The molecular weight excluding hydrogens is 346 g/mol. The Morgan fingerprint density at radius 1 is 1.00 bits per heavy atom. The van der Waals surface area contributed by atoms with E-state index in [1.807, 2.05) is 13.0 Å². The number of ether oxygens (including phenoxy) is 2. The Morgan fingerprint density at radius 3 is 2.37 bits per heavy atom. The van der Waals surface area contributed by atoms with Gasteiger partial charge < -0.3 is 14.8 Å². The summed E-state index contributed by atoms with van der Waals surface area (Å²) in [6, 6.07) is 13.6. The summed E-state index contributed by atoms with van der Waals surface area (Å²) in [5.41, 5.74) is 1.23. The van der Waals surface area contributed by atoms with E-state index in [1.165, 1.54) is 6.07 Å². The third-order valence-electron chi connectivity index (χ3n) is 3.42. The van der Waals surface area contributed by atoms with Gasteiger partial charge in [0.15, 0.2) is 6.61 Å². The minimum atomic E-state index is -0.721. The molecule has 0 aliphatic heterocycles. The first-order chi connectivity index (χ1) is 12.7. The summed E-state index contributed by atoms with van der Waals surface area (Å²) in [5.74, 6) is -1.70. The van der Waals surface area contributed by atoms with Gasteiger partial charge in [-0.3, -0.25) is 4.79 Å². The van der Waals surface area contributed by atoms with Gasteiger partial charge in [0, 0.05) is 5.56 Å². The van der Waals surface area contributed by atoms with Crippen LogP contribution in [0.5, 0.6) is 0 Å². The summed E-state index contributed by atoms with van der Waals surface area (Å²) >= 11 is 0. The van der Waals surface area contributed by atoms with Crippen molar-refractivity contribution in [2.45, 2.75) is 33.3 Å². The number of benzene rings is 2. The molecule has 0 saturated carbocycles. The Morgan fingerprint density at radius 2 is 1.70 bits per heavy atom. The van der Waals surface area contributed by atoms with Crippen molar-refractivity contribution in [3.8, 4) is 0 Å². The van der Waals surface area contributed by atoms with Gasteiger partial charge in [-0.25, -0.2) is 9.59 Å². The standard InChI is InChI=1S/C21H23NO5/c1-14-8-7-9-15(12-14)19(24)22-17-11-6-5-10-16(17)20(25)26-13-18(23)27-21(2,3)4/h5-12H,13H2,1-4H3,(H,22,24). The Hall–Kier alpha value is -3.15. The van der Waals surface area contributed by atoms with E-state index < -0.39 is 24.1 Å². The number of esters is 2. The first-order valence-corrected chi connectivity index (χ1v) is 8.52. The average Bonchev–Trinajstić information content (AvgIpc) is 2.58. The SMILES string of the molecule is Cc1cccc(C(=O)Nc2ccccc2C(=O)OCC(=O)OC(C)(C)C)c1. The van der Waals surface area contributed by atoms with Crippen molar-refractivity contribution < 1.29 is 23.9 Å². The molecule has 2 rings (SSSR count). The number of hydrogen-bond donors (Lipinski definition) is 1. The Bertz CT molecular complexity index is 852. The largest absolute Gasteiger partial charge is 0.457 e. The van der Waals surface area contributed by atoms with Crippen LogP contribution in [0.15, 0.2) is 48.5 Å². The summed E-state index contributed by atoms with van der Waals surface area (Å²) in [4.78, 5) is 36.5. The molecule has 0 heterocycles. The van der Waals surface area contributed by atoms with E-state index in [-0.39, 0.29) is 11.5 Å². The van der Waals surface area contributed by atoms with Crippen LogP contribution in [0.2, 0.25) is 0 Å². The lowest BCUT2D eigenvalue weighted by Crippen LogP contribution is -2.27. The maximum atomic E-state index is 12.4. The predicted octanol–water partition coefficient (Wildman–Crippen LogP) is 3.75. The van der Waals surface area contributed by atoms with Gasteiger partial charge >= 0.3 is 11.9 Å². The first kappa shape index (κ1) is 20.2. The number of nitrogens with one attached hydrogen (secondary N) is 1. The van der Waals surface area contributed by atoms with Crippen LogP contribution in [0.3, 0.4) is 0 Å². The Balaban J connectivity index is 2.07. The van der Waals surface area contributed by atoms with E-state index in [1.54, 1.807) is 57.2 Å². The van der Waals surface area contributed by atoms with E-state index in [9.17, 15) is 14.4 Å². The molecule has 27 heavy (non-hydrogen) atoms. The molecule has 1 amide bonds. The fourth-order valence-corrected chi connectivity index (χ4v) is 2.32. The van der Waals surface area contributed by atoms with Gasteiger partial charge in [-0.05, 0) is 52.0 Å². The van der Waals surface area contributed by atoms with Crippen molar-refractivity contribution in [1.82, 2.24) is 0 Å². The molecule has 142 valence electrons. The topological polar surface area (TPSA) is 81.7 Å². The van der Waals surface area contributed by atoms with Gasteiger partial charge in [-0.1, -0.05) is 29.8 Å². The van der Waals surface area contributed by atoms with Crippen LogP contribution in [0.1, 0.15) is 47.1 Å². The Kier molecular flexibility index (Phi) is 6.34. The van der Waals surface area contributed by atoms with Crippen LogP contribution in [0.4, 0.5) is 5.69 Å². The molecule has 0 spiro atoms. The maximum Gasteiger partial charge on any atom is 0.344 e. The maximum absolute atomic E-state index is 12.4. The van der Waals surface area contributed by atoms with Crippen molar-refractivity contribution in [2.75, 3.05) is 11.9 Å². The smallest absolute Gasteiger partial charge is 0.344 e. The molecule has 0 aromatic heterocycles. The van der Waals surface area contributed by atoms with E-state index in [0.717, 1.165) is 5.56 Å². The molecule has 2 aromatic rings. The Labute approximate surface area is 158 Å². The molecule has 2 aromatic carbocycles. The fourth-order valence-electron chi connectivity index (χ4n) is 2.32. The highest BCUT2D eigenvalue weighted by molar-refractivity contribution is 6.08. The predicted molar refractivity (Wildman–Crippen MR) is 102 cm³/mol. The normalized spacial score (nSPS) is 10.8. The van der Waals surface area contributed by atoms with E-state index in [2.05, 4.69) is 5.32 Å². The van der Waals surface area contributed by atoms with Crippen molar-refractivity contribution >= 4 is 23.5 Å². The minimum absolute atomic E-state index is 0.155. The van der Waals surface area contributed by atoms with E-state index >= 15 is 0 Å². The van der Waals surface area contributed by atoms with Crippen LogP contribution >= 0.6 is 0 Å². The number of para-hydroxylation sites is 1. The second-order valence-electron chi connectivity index (χ2n) is 7.03. The van der Waals surface area contributed by atoms with E-state index in [0.29, 0.717) is 11.3 Å². The molecule has 6 nitrogen and oxygen atoms in total. The summed E-state index contributed by atoms with van der Waals surface area (Å²) in [6.45, 7) is 6.56. The number of hydrogen-bond acceptors (Lipinski definition) is 5. The molecule has 0 bridgehead atoms. The molecule has 0 saturated heterocycles. The second-order valence-corrected chi connectivity index (χ2v) is 7.03. The van der Waals surface area contributed by atoms with Crippen molar-refractivity contribution in [2.24, 2.45) is 0 Å². The zero-order valence-corrected chi connectivity index (χ0v) is 15.9. The molecule has 6 heteroatoms. The van der Waals surface area contributed by atoms with Gasteiger partial charge in [-0.15, -0.1) is 0 Å². The number of amides is 1. The molecule has 0 fully saturated rings. The number of rotatable bonds is 5. The van der Waals surface area contributed by atoms with Crippen LogP contribution in [0.25, 0.3) is 0 Å². The quantitative estimate of drug-likeness (QED) is 0.812. The van der Waals surface area contributed by atoms with Gasteiger partial charge in [0.1, 0.15) is 5.60 Å². The molecule has 0 radical (unpaired) electrons. The fraction of sp³-hybridized carbons (Fsp3) is 0.286. The van der Waals surface area contributed by atoms with Crippen LogP contribution in [0, 0.1) is 6.92 Å². The third kappa shape index (κ3) is 6.26. The lowest BCUT2D eigenvalue weighted by atomic mass is 10.1. The summed E-state index contributed by atoms with van der Waals surface area (Å²) in [7, 11) is 0. The lowest BCUT2D eigenvalue weighted by Gasteiger charge is -2.19. The van der Waals surface area contributed by atoms with E-state index in [4.69, 9.17) is 9.47 Å². The second kappa shape index (κ2) is 8.49. The van der Waals surface area contributed by atoms with Crippen LogP contribution in [-0.2, 0) is 14.3 Å². The third-order valence-corrected chi connectivity index (χ3v) is 3.42. The van der Waals surface area contributed by atoms with Gasteiger partial charge in [0.2, 0.25) is 0 Å². The molecule has 0 aliphatic rings. The minimum Gasteiger partial charge on any atom is -0.457 e. The number of anilines is 1. The van der Waals surface area contributed by atoms with Gasteiger partial charge in [-0.2, -0.15) is 0 Å². The molecule has 0 atom stereocenters. The number of aryl methyl sites for hydroxylation is 1. The molecule has 0 aliphatic carbocycles. The van der Waals surface area contributed by atoms with Gasteiger partial charge in [0.25, 0.3) is 5.91 Å². The summed E-state index contributed by atoms with van der Waals surface area (Å²) in [6.07, 6.45) is 0.